The average molecular weight is 385 g/mol. The second kappa shape index (κ2) is 8.95. The summed E-state index contributed by atoms with van der Waals surface area (Å²) < 4.78 is 15.9. The van der Waals surface area contributed by atoms with Crippen LogP contribution in [0.2, 0.25) is 0 Å². The Morgan fingerprint density at radius 2 is 1.71 bits per heavy atom. The summed E-state index contributed by atoms with van der Waals surface area (Å²) in [5, 5.41) is 0. The van der Waals surface area contributed by atoms with Crippen molar-refractivity contribution >= 4 is 17.8 Å². The van der Waals surface area contributed by atoms with Crippen LogP contribution in [0.5, 0.6) is 0 Å². The van der Waals surface area contributed by atoms with Crippen LogP contribution in [0, 0.1) is 0 Å². The van der Waals surface area contributed by atoms with E-state index in [1.807, 2.05) is 12.2 Å². The molecule has 2 aliphatic heterocycles. The van der Waals surface area contributed by atoms with E-state index in [9.17, 15) is 14.4 Å². The van der Waals surface area contributed by atoms with Gasteiger partial charge in [-0.15, -0.1) is 0 Å². The molecule has 148 valence electrons. The fourth-order valence-electron chi connectivity index (χ4n) is 3.25. The number of rotatable bonds is 8. The zero-order valence-electron chi connectivity index (χ0n) is 15.8. The van der Waals surface area contributed by atoms with Crippen molar-refractivity contribution in [2.45, 2.75) is 25.0 Å². The van der Waals surface area contributed by atoms with Crippen molar-refractivity contribution in [2.24, 2.45) is 0 Å². The molecule has 28 heavy (non-hydrogen) atoms. The molecule has 2 amide bonds. The number of carbonyl (C=O) groups is 3. The summed E-state index contributed by atoms with van der Waals surface area (Å²) in [7, 11) is 1.34. The zero-order valence-corrected chi connectivity index (χ0v) is 15.8. The molecule has 0 radical (unpaired) electrons. The summed E-state index contributed by atoms with van der Waals surface area (Å²) in [6.07, 6.45) is 8.53. The van der Waals surface area contributed by atoms with E-state index in [4.69, 9.17) is 14.2 Å². The second-order valence-electron chi connectivity index (χ2n) is 6.52. The van der Waals surface area contributed by atoms with Gasteiger partial charge in [0.05, 0.1) is 37.9 Å². The molecule has 0 aromatic heterocycles. The number of imide groups is 1. The zero-order chi connectivity index (χ0) is 20.0. The van der Waals surface area contributed by atoms with Crippen LogP contribution in [0.15, 0.2) is 48.6 Å². The summed E-state index contributed by atoms with van der Waals surface area (Å²) in [4.78, 5) is 37.3. The molecular weight excluding hydrogens is 362 g/mol. The van der Waals surface area contributed by atoms with Crippen LogP contribution >= 0.6 is 0 Å². The summed E-state index contributed by atoms with van der Waals surface area (Å²) in [5.74, 6) is -1.82. The number of allylic oxidation sites excluding steroid dienone is 3. The van der Waals surface area contributed by atoms with Crippen LogP contribution in [0.1, 0.15) is 40.0 Å². The van der Waals surface area contributed by atoms with Gasteiger partial charge in [0.25, 0.3) is 11.8 Å². The number of nitrogens with zero attached hydrogens (tertiary/aromatic N) is 1. The number of hydrogen-bond donors (Lipinski definition) is 0. The SMILES string of the molecule is COC(=O)CC1(CC/C=C/C=C/CN2C(=O)c3ccccc3C2=O)OCCO1. The molecule has 0 spiro atoms. The number of esters is 1. The Balaban J connectivity index is 1.46. The number of ether oxygens (including phenoxy) is 3. The van der Waals surface area contributed by atoms with E-state index >= 15 is 0 Å². The van der Waals surface area contributed by atoms with Gasteiger partial charge in [-0.2, -0.15) is 0 Å². The summed E-state index contributed by atoms with van der Waals surface area (Å²) in [6.45, 7) is 1.14. The van der Waals surface area contributed by atoms with E-state index in [1.54, 1.807) is 36.4 Å². The van der Waals surface area contributed by atoms with Gasteiger partial charge in [-0.25, -0.2) is 0 Å². The van der Waals surface area contributed by atoms with Crippen molar-refractivity contribution in [1.29, 1.82) is 0 Å². The lowest BCUT2D eigenvalue weighted by molar-refractivity contribution is -0.183. The largest absolute Gasteiger partial charge is 0.469 e. The van der Waals surface area contributed by atoms with Crippen molar-refractivity contribution in [3.05, 3.63) is 59.7 Å². The highest BCUT2D eigenvalue weighted by atomic mass is 16.7. The number of hydrogen-bond acceptors (Lipinski definition) is 6. The highest BCUT2D eigenvalue weighted by molar-refractivity contribution is 6.21. The predicted octanol–water partition coefficient (Wildman–Crippen LogP) is 2.48. The summed E-state index contributed by atoms with van der Waals surface area (Å²) in [5.41, 5.74) is 0.896. The minimum Gasteiger partial charge on any atom is -0.469 e. The summed E-state index contributed by atoms with van der Waals surface area (Å²) in [6, 6.07) is 6.82. The topological polar surface area (TPSA) is 82.1 Å². The Labute approximate surface area is 163 Å². The third-order valence-corrected chi connectivity index (χ3v) is 4.70. The lowest BCUT2D eigenvalue weighted by Crippen LogP contribution is -2.33. The molecule has 1 aromatic rings. The van der Waals surface area contributed by atoms with Gasteiger partial charge in [-0.1, -0.05) is 36.4 Å². The molecule has 1 saturated heterocycles. The van der Waals surface area contributed by atoms with Gasteiger partial charge in [0.2, 0.25) is 0 Å². The highest BCUT2D eigenvalue weighted by Gasteiger charge is 2.38. The van der Waals surface area contributed by atoms with E-state index in [0.717, 1.165) is 0 Å². The average Bonchev–Trinajstić information content (AvgIpc) is 3.26. The van der Waals surface area contributed by atoms with Gasteiger partial charge in [0.1, 0.15) is 0 Å². The van der Waals surface area contributed by atoms with E-state index in [2.05, 4.69) is 0 Å². The first-order valence-corrected chi connectivity index (χ1v) is 9.18. The van der Waals surface area contributed by atoms with Crippen molar-refractivity contribution in [1.82, 2.24) is 4.90 Å². The molecule has 0 saturated carbocycles. The molecule has 0 N–H and O–H groups in total. The first-order chi connectivity index (χ1) is 13.6. The molecule has 0 unspecified atom stereocenters. The van der Waals surface area contributed by atoms with Gasteiger partial charge < -0.3 is 14.2 Å². The Hall–Kier alpha value is -2.77. The number of fused-ring (bicyclic) bond motifs is 1. The van der Waals surface area contributed by atoms with Gasteiger partial charge >= 0.3 is 5.97 Å². The van der Waals surface area contributed by atoms with E-state index < -0.39 is 5.79 Å². The molecule has 0 atom stereocenters. The molecule has 1 aromatic carbocycles. The highest BCUT2D eigenvalue weighted by Crippen LogP contribution is 2.29. The molecule has 2 heterocycles. The predicted molar refractivity (Wildman–Crippen MR) is 101 cm³/mol. The number of benzene rings is 1. The van der Waals surface area contributed by atoms with Crippen LogP contribution in [-0.4, -0.2) is 55.3 Å². The molecule has 7 nitrogen and oxygen atoms in total. The fraction of sp³-hybridized carbons (Fsp3) is 0.381. The lowest BCUT2D eigenvalue weighted by Gasteiger charge is -2.25. The maximum atomic E-state index is 12.3. The minimum atomic E-state index is -0.915. The van der Waals surface area contributed by atoms with Gasteiger partial charge in [-0.3, -0.25) is 19.3 Å². The first kappa shape index (κ1) is 20.0. The van der Waals surface area contributed by atoms with Crippen LogP contribution in [0.3, 0.4) is 0 Å². The van der Waals surface area contributed by atoms with E-state index in [0.29, 0.717) is 37.2 Å². The van der Waals surface area contributed by atoms with E-state index in [-0.39, 0.29) is 30.7 Å². The van der Waals surface area contributed by atoms with Crippen molar-refractivity contribution in [3.63, 3.8) is 0 Å². The Morgan fingerprint density at radius 3 is 2.32 bits per heavy atom. The van der Waals surface area contributed by atoms with Crippen molar-refractivity contribution < 1.29 is 28.6 Å². The third-order valence-electron chi connectivity index (χ3n) is 4.70. The quantitative estimate of drug-likeness (QED) is 0.388. The Bertz CT molecular complexity index is 772. The molecule has 7 heteroatoms. The van der Waals surface area contributed by atoms with Gasteiger partial charge in [0, 0.05) is 13.0 Å². The third kappa shape index (κ3) is 4.37. The molecule has 1 fully saturated rings. The molecular formula is C21H23NO6. The fourth-order valence-corrected chi connectivity index (χ4v) is 3.25. The lowest BCUT2D eigenvalue weighted by atomic mass is 10.1. The standard InChI is InChI=1S/C21H23NO6/c1-26-18(23)15-21(27-13-14-28-21)11-7-3-2-4-8-12-22-19(24)16-9-5-6-10-17(16)20(22)25/h2-6,8-10H,7,11-15H2,1H3/b3-2+,8-4+. The van der Waals surface area contributed by atoms with Gasteiger partial charge in [0.15, 0.2) is 5.79 Å². The van der Waals surface area contributed by atoms with Crippen molar-refractivity contribution in [2.75, 3.05) is 26.9 Å². The van der Waals surface area contributed by atoms with Crippen molar-refractivity contribution in [3.8, 4) is 0 Å². The monoisotopic (exact) mass is 385 g/mol. The number of methoxy groups -OCH3 is 1. The smallest absolute Gasteiger partial charge is 0.310 e. The van der Waals surface area contributed by atoms with Crippen LogP contribution in [0.25, 0.3) is 0 Å². The Morgan fingerprint density at radius 1 is 1.11 bits per heavy atom. The van der Waals surface area contributed by atoms with Crippen LogP contribution in [-0.2, 0) is 19.0 Å². The van der Waals surface area contributed by atoms with Gasteiger partial charge in [-0.05, 0) is 18.6 Å². The maximum Gasteiger partial charge on any atom is 0.310 e. The Kier molecular flexibility index (Phi) is 6.38. The molecule has 3 rings (SSSR count). The minimum absolute atomic E-state index is 0.0624. The normalized spacial score (nSPS) is 18.4. The maximum absolute atomic E-state index is 12.3. The van der Waals surface area contributed by atoms with Crippen LogP contribution in [0.4, 0.5) is 0 Å². The van der Waals surface area contributed by atoms with E-state index in [1.165, 1.54) is 12.0 Å². The summed E-state index contributed by atoms with van der Waals surface area (Å²) >= 11 is 0. The number of amides is 2. The second-order valence-corrected chi connectivity index (χ2v) is 6.52. The molecule has 0 bridgehead atoms. The molecule has 0 aliphatic carbocycles. The molecule has 2 aliphatic rings. The van der Waals surface area contributed by atoms with Crippen LogP contribution < -0.4 is 0 Å². The first-order valence-electron chi connectivity index (χ1n) is 9.18. The number of carbonyl (C=O) groups excluding carboxylic acids is 3.